The number of hydrogen-bond donors (Lipinski definition) is 1. The minimum absolute atomic E-state index is 0.000949. The average Bonchev–Trinajstić information content (AvgIpc) is 3.28. The Bertz CT molecular complexity index is 946. The van der Waals surface area contributed by atoms with Crippen LogP contribution in [0.5, 0.6) is 0 Å². The molecule has 0 spiro atoms. The lowest BCUT2D eigenvalue weighted by Gasteiger charge is -2.40. The summed E-state index contributed by atoms with van der Waals surface area (Å²) in [6.07, 6.45) is 1.47. The van der Waals surface area contributed by atoms with Crippen molar-refractivity contribution in [1.29, 1.82) is 0 Å². The molecule has 8 heteroatoms. The summed E-state index contributed by atoms with van der Waals surface area (Å²) in [5.74, 6) is 2.15. The zero-order valence-corrected chi connectivity index (χ0v) is 18.2. The third kappa shape index (κ3) is 3.95. The fourth-order valence-electron chi connectivity index (χ4n) is 4.82. The molecular weight excluding hydrogens is 396 g/mol. The monoisotopic (exact) mass is 426 g/mol. The van der Waals surface area contributed by atoms with Crippen LogP contribution in [0, 0.1) is 0 Å². The van der Waals surface area contributed by atoms with E-state index in [1.54, 1.807) is 6.07 Å². The number of hydrogen-bond acceptors (Lipinski definition) is 8. The van der Waals surface area contributed by atoms with Crippen LogP contribution < -0.4 is 15.1 Å². The number of morpholine rings is 2. The van der Waals surface area contributed by atoms with Crippen molar-refractivity contribution in [2.45, 2.75) is 44.9 Å². The fourth-order valence-corrected chi connectivity index (χ4v) is 4.82. The van der Waals surface area contributed by atoms with E-state index >= 15 is 0 Å². The maximum absolute atomic E-state index is 11.0. The second-order valence-electron chi connectivity index (χ2n) is 8.66. The zero-order chi connectivity index (χ0) is 21.4. The number of nitrogens with one attached hydrogen (secondary N) is 1. The van der Waals surface area contributed by atoms with Crippen molar-refractivity contribution in [3.63, 3.8) is 0 Å². The maximum Gasteiger partial charge on any atom is 0.185 e. The summed E-state index contributed by atoms with van der Waals surface area (Å²) in [6, 6.07) is 6.45. The Hall–Kier alpha value is -2.42. The van der Waals surface area contributed by atoms with Gasteiger partial charge in [0.05, 0.1) is 44.2 Å². The molecular formula is C23H30N4O4. The number of rotatable bonds is 4. The van der Waals surface area contributed by atoms with E-state index in [1.165, 1.54) is 11.3 Å². The van der Waals surface area contributed by atoms with Crippen molar-refractivity contribution in [1.82, 2.24) is 10.3 Å². The summed E-state index contributed by atoms with van der Waals surface area (Å²) in [5.41, 5.74) is 3.59. The summed E-state index contributed by atoms with van der Waals surface area (Å²) >= 11 is 0. The third-order valence-corrected chi connectivity index (χ3v) is 6.54. The number of furan rings is 1. The predicted molar refractivity (Wildman–Crippen MR) is 117 cm³/mol. The molecule has 8 nitrogen and oxygen atoms in total. The highest BCUT2D eigenvalue weighted by Crippen LogP contribution is 2.36. The van der Waals surface area contributed by atoms with Crippen molar-refractivity contribution in [2.24, 2.45) is 0 Å². The first-order valence-corrected chi connectivity index (χ1v) is 11.1. The maximum atomic E-state index is 11.0. The van der Waals surface area contributed by atoms with Gasteiger partial charge in [-0.1, -0.05) is 0 Å². The molecule has 5 heterocycles. The van der Waals surface area contributed by atoms with Crippen LogP contribution in [0.1, 0.15) is 47.5 Å². The van der Waals surface area contributed by atoms with Crippen LogP contribution in [0.4, 0.5) is 11.5 Å². The molecule has 3 aliphatic heterocycles. The fraction of sp³-hybridized carbons (Fsp3) is 0.565. The van der Waals surface area contributed by atoms with E-state index in [4.69, 9.17) is 18.9 Å². The first-order valence-electron chi connectivity index (χ1n) is 11.1. The Labute approximate surface area is 182 Å². The SMILES string of the molecule is CC1COCCN1c1cc(N2CCOCC2C)c2c(n1)CC(c1ccc(C=O)o1)NC2. The lowest BCUT2D eigenvalue weighted by atomic mass is 9.96. The van der Waals surface area contributed by atoms with Crippen molar-refractivity contribution < 1.29 is 18.7 Å². The molecule has 2 aromatic heterocycles. The molecule has 31 heavy (non-hydrogen) atoms. The number of aromatic nitrogens is 1. The van der Waals surface area contributed by atoms with Crippen molar-refractivity contribution >= 4 is 17.8 Å². The Morgan fingerprint density at radius 2 is 1.84 bits per heavy atom. The van der Waals surface area contributed by atoms with E-state index < -0.39 is 0 Å². The molecule has 3 atom stereocenters. The van der Waals surface area contributed by atoms with Gasteiger partial charge in [0.25, 0.3) is 0 Å². The first-order chi connectivity index (χ1) is 15.1. The molecule has 1 N–H and O–H groups in total. The minimum atomic E-state index is 0.000949. The summed E-state index contributed by atoms with van der Waals surface area (Å²) < 4.78 is 17.0. The molecule has 3 aliphatic rings. The first kappa shape index (κ1) is 20.5. The number of anilines is 2. The molecule has 2 saturated heterocycles. The number of ether oxygens (including phenoxy) is 2. The van der Waals surface area contributed by atoms with Gasteiger partial charge in [-0.15, -0.1) is 0 Å². The quantitative estimate of drug-likeness (QED) is 0.747. The molecule has 3 unspecified atom stereocenters. The summed E-state index contributed by atoms with van der Waals surface area (Å²) in [6.45, 7) is 9.73. The molecule has 0 amide bonds. The Morgan fingerprint density at radius 1 is 1.10 bits per heavy atom. The topological polar surface area (TPSA) is 80.1 Å². The number of aldehydes is 1. The minimum Gasteiger partial charge on any atom is -0.457 e. The van der Waals surface area contributed by atoms with Crippen LogP contribution in [-0.2, 0) is 22.4 Å². The van der Waals surface area contributed by atoms with Crippen LogP contribution in [0.25, 0.3) is 0 Å². The Morgan fingerprint density at radius 3 is 2.52 bits per heavy atom. The van der Waals surface area contributed by atoms with E-state index in [-0.39, 0.29) is 12.1 Å². The molecule has 2 aromatic rings. The van der Waals surface area contributed by atoms with Gasteiger partial charge in [0.1, 0.15) is 11.6 Å². The summed E-state index contributed by atoms with van der Waals surface area (Å²) in [5, 5.41) is 3.59. The van der Waals surface area contributed by atoms with Crippen molar-refractivity contribution in [2.75, 3.05) is 49.3 Å². The Kier molecular flexibility index (Phi) is 5.69. The van der Waals surface area contributed by atoms with Gasteiger partial charge in [0, 0.05) is 49.4 Å². The van der Waals surface area contributed by atoms with Crippen molar-refractivity contribution in [3.05, 3.63) is 41.0 Å². The summed E-state index contributed by atoms with van der Waals surface area (Å²) in [7, 11) is 0. The molecule has 5 rings (SSSR count). The van der Waals surface area contributed by atoms with Gasteiger partial charge in [-0.25, -0.2) is 4.98 Å². The zero-order valence-electron chi connectivity index (χ0n) is 18.2. The van der Waals surface area contributed by atoms with Gasteiger partial charge in [-0.3, -0.25) is 4.79 Å². The smallest absolute Gasteiger partial charge is 0.185 e. The number of carbonyl (C=O) groups is 1. The number of carbonyl (C=O) groups excluding carboxylic acids is 1. The Balaban J connectivity index is 1.53. The van der Waals surface area contributed by atoms with E-state index in [1.807, 2.05) is 6.07 Å². The van der Waals surface area contributed by atoms with Crippen LogP contribution >= 0.6 is 0 Å². The molecule has 0 saturated carbocycles. The van der Waals surface area contributed by atoms with Crippen LogP contribution in [0.2, 0.25) is 0 Å². The number of fused-ring (bicyclic) bond motifs is 1. The number of nitrogens with zero attached hydrogens (tertiary/aromatic N) is 3. The average molecular weight is 427 g/mol. The van der Waals surface area contributed by atoms with Crippen LogP contribution in [0.15, 0.2) is 22.6 Å². The van der Waals surface area contributed by atoms with E-state index in [0.717, 1.165) is 62.9 Å². The highest BCUT2D eigenvalue weighted by molar-refractivity contribution is 5.70. The van der Waals surface area contributed by atoms with Gasteiger partial charge >= 0.3 is 0 Å². The molecule has 166 valence electrons. The predicted octanol–water partition coefficient (Wildman–Crippen LogP) is 2.32. The third-order valence-electron chi connectivity index (χ3n) is 6.54. The van der Waals surface area contributed by atoms with Gasteiger partial charge in [-0.05, 0) is 26.0 Å². The normalized spacial score (nSPS) is 26.6. The molecule has 0 aromatic carbocycles. The van der Waals surface area contributed by atoms with E-state index in [2.05, 4.69) is 35.0 Å². The van der Waals surface area contributed by atoms with E-state index in [0.29, 0.717) is 25.0 Å². The second-order valence-corrected chi connectivity index (χ2v) is 8.66. The standard InChI is InChI=1S/C23H30N4O4/c1-15-13-29-7-5-26(15)21-10-23(27-6-8-30-14-16(27)2)25-19-9-20(24-11-18(19)21)22-4-3-17(12-28)31-22/h3-4,10,12,15-16,20,24H,5-9,11,13-14H2,1-2H3. The van der Waals surface area contributed by atoms with E-state index in [9.17, 15) is 4.79 Å². The second kappa shape index (κ2) is 8.61. The molecule has 2 fully saturated rings. The highest BCUT2D eigenvalue weighted by Gasteiger charge is 2.31. The van der Waals surface area contributed by atoms with Crippen molar-refractivity contribution in [3.8, 4) is 0 Å². The molecule has 0 bridgehead atoms. The lowest BCUT2D eigenvalue weighted by molar-refractivity contribution is 0.0979. The molecule has 0 radical (unpaired) electrons. The lowest BCUT2D eigenvalue weighted by Crippen LogP contribution is -2.46. The van der Waals surface area contributed by atoms with Gasteiger partial charge in [0.15, 0.2) is 12.0 Å². The van der Waals surface area contributed by atoms with Gasteiger partial charge in [-0.2, -0.15) is 0 Å². The number of pyridine rings is 1. The van der Waals surface area contributed by atoms with Crippen LogP contribution in [0.3, 0.4) is 0 Å². The van der Waals surface area contributed by atoms with Gasteiger partial charge in [0.2, 0.25) is 0 Å². The highest BCUT2D eigenvalue weighted by atomic mass is 16.5. The largest absolute Gasteiger partial charge is 0.457 e. The van der Waals surface area contributed by atoms with Gasteiger partial charge < -0.3 is 29.0 Å². The molecule has 0 aliphatic carbocycles. The summed E-state index contributed by atoms with van der Waals surface area (Å²) in [4.78, 5) is 21.0. The van der Waals surface area contributed by atoms with Crippen LogP contribution in [-0.4, -0.2) is 62.9 Å².